The molecule has 0 bridgehead atoms. The highest BCUT2D eigenvalue weighted by Gasteiger charge is 2.28. The van der Waals surface area contributed by atoms with E-state index in [1.54, 1.807) is 12.1 Å². The minimum Gasteiger partial charge on any atom is -0.367 e. The molecule has 1 atom stereocenters. The number of benzene rings is 2. The molecule has 0 saturated carbocycles. The number of carbonyl (C=O) groups excluding carboxylic acids is 1. The van der Waals surface area contributed by atoms with E-state index in [4.69, 9.17) is 4.98 Å². The van der Waals surface area contributed by atoms with E-state index in [-0.39, 0.29) is 23.2 Å². The summed E-state index contributed by atoms with van der Waals surface area (Å²) in [7, 11) is 0. The standard InChI is InChI=1S/C29H35FN6O2/c1-2-24(22-8-4-3-5-9-22)28(38)35-16-18-36(19-17-35)29-31-23(20-27(37)32-29)21-33-12-14-34(15-13-33)26-11-7-6-10-25(26)30/h3-11,20,24H,2,12-19,21H2,1H3,(H,31,32,37)/t24-/m1/s1. The lowest BCUT2D eigenvalue weighted by molar-refractivity contribution is -0.133. The first-order valence-electron chi connectivity index (χ1n) is 13.4. The zero-order chi connectivity index (χ0) is 26.5. The summed E-state index contributed by atoms with van der Waals surface area (Å²) in [5, 5.41) is 0. The number of aromatic nitrogens is 2. The van der Waals surface area contributed by atoms with Crippen molar-refractivity contribution in [2.75, 3.05) is 62.2 Å². The maximum absolute atomic E-state index is 14.2. The Kier molecular flexibility index (Phi) is 8.03. The fourth-order valence-corrected chi connectivity index (χ4v) is 5.41. The van der Waals surface area contributed by atoms with E-state index in [0.29, 0.717) is 57.4 Å². The number of piperazine rings is 2. The number of rotatable bonds is 7. The van der Waals surface area contributed by atoms with Gasteiger partial charge in [-0.1, -0.05) is 49.4 Å². The molecule has 0 radical (unpaired) electrons. The average Bonchev–Trinajstić information content (AvgIpc) is 2.94. The smallest absolute Gasteiger partial charge is 0.252 e. The van der Waals surface area contributed by atoms with E-state index in [2.05, 4.69) is 14.8 Å². The molecule has 2 aliphatic heterocycles. The van der Waals surface area contributed by atoms with Crippen molar-refractivity contribution in [2.24, 2.45) is 0 Å². The van der Waals surface area contributed by atoms with Gasteiger partial charge in [-0.15, -0.1) is 0 Å². The lowest BCUT2D eigenvalue weighted by Gasteiger charge is -2.37. The van der Waals surface area contributed by atoms with E-state index >= 15 is 0 Å². The molecule has 0 aliphatic carbocycles. The summed E-state index contributed by atoms with van der Waals surface area (Å²) in [4.78, 5) is 41.6. The van der Waals surface area contributed by atoms with Crippen LogP contribution in [0.15, 0.2) is 65.5 Å². The number of anilines is 2. The van der Waals surface area contributed by atoms with Crippen LogP contribution >= 0.6 is 0 Å². The largest absolute Gasteiger partial charge is 0.367 e. The Morgan fingerprint density at radius 2 is 1.58 bits per heavy atom. The first kappa shape index (κ1) is 25.9. The van der Waals surface area contributed by atoms with E-state index in [1.165, 1.54) is 6.07 Å². The summed E-state index contributed by atoms with van der Waals surface area (Å²) < 4.78 is 14.2. The van der Waals surface area contributed by atoms with Gasteiger partial charge in [0.2, 0.25) is 11.9 Å². The van der Waals surface area contributed by atoms with Crippen molar-refractivity contribution in [2.45, 2.75) is 25.8 Å². The molecule has 1 aromatic heterocycles. The Balaban J connectivity index is 1.17. The topological polar surface area (TPSA) is 75.8 Å². The SMILES string of the molecule is CC[C@@H](C(=O)N1CCN(c2nc(CN3CCN(c4ccccc4F)CC3)cc(=O)[nH]2)CC1)c1ccccc1. The molecule has 0 unspecified atom stereocenters. The monoisotopic (exact) mass is 518 g/mol. The quantitative estimate of drug-likeness (QED) is 0.518. The molecule has 200 valence electrons. The number of carbonyl (C=O) groups is 1. The second-order valence-corrected chi connectivity index (χ2v) is 9.96. The van der Waals surface area contributed by atoms with E-state index in [1.807, 2.05) is 59.2 Å². The first-order valence-corrected chi connectivity index (χ1v) is 13.4. The highest BCUT2D eigenvalue weighted by atomic mass is 19.1. The highest BCUT2D eigenvalue weighted by Crippen LogP contribution is 2.24. The Hall–Kier alpha value is -3.72. The molecule has 1 N–H and O–H groups in total. The van der Waals surface area contributed by atoms with Crippen molar-refractivity contribution < 1.29 is 9.18 Å². The predicted molar refractivity (Wildman–Crippen MR) is 147 cm³/mol. The molecule has 9 heteroatoms. The van der Waals surface area contributed by atoms with Gasteiger partial charge in [-0.3, -0.25) is 19.5 Å². The van der Waals surface area contributed by atoms with Crippen LogP contribution < -0.4 is 15.4 Å². The van der Waals surface area contributed by atoms with E-state index in [9.17, 15) is 14.0 Å². The van der Waals surface area contributed by atoms with Gasteiger partial charge in [0.25, 0.3) is 5.56 Å². The van der Waals surface area contributed by atoms with Gasteiger partial charge in [0.15, 0.2) is 0 Å². The third-order valence-electron chi connectivity index (χ3n) is 7.53. The van der Waals surface area contributed by atoms with Crippen LogP contribution in [0.4, 0.5) is 16.0 Å². The summed E-state index contributed by atoms with van der Waals surface area (Å²) in [5.74, 6) is 0.375. The summed E-state index contributed by atoms with van der Waals surface area (Å²) >= 11 is 0. The Labute approximate surface area is 222 Å². The molecule has 3 aromatic rings. The van der Waals surface area contributed by atoms with Gasteiger partial charge >= 0.3 is 0 Å². The molecule has 38 heavy (non-hydrogen) atoms. The molecule has 2 aromatic carbocycles. The lowest BCUT2D eigenvalue weighted by atomic mass is 9.95. The van der Waals surface area contributed by atoms with E-state index < -0.39 is 0 Å². The van der Waals surface area contributed by atoms with Gasteiger partial charge in [0.1, 0.15) is 5.82 Å². The van der Waals surface area contributed by atoms with Gasteiger partial charge in [0.05, 0.1) is 17.3 Å². The second-order valence-electron chi connectivity index (χ2n) is 9.96. The molecule has 8 nitrogen and oxygen atoms in total. The van der Waals surface area contributed by atoms with Gasteiger partial charge in [-0.25, -0.2) is 9.37 Å². The summed E-state index contributed by atoms with van der Waals surface area (Å²) in [6.07, 6.45) is 0.758. The third kappa shape index (κ3) is 5.88. The second kappa shape index (κ2) is 11.8. The molecule has 2 aliphatic rings. The van der Waals surface area contributed by atoms with Crippen molar-refractivity contribution in [1.82, 2.24) is 19.8 Å². The predicted octanol–water partition coefficient (Wildman–Crippen LogP) is 3.07. The van der Waals surface area contributed by atoms with Gasteiger partial charge in [-0.2, -0.15) is 0 Å². The first-order chi connectivity index (χ1) is 18.5. The maximum Gasteiger partial charge on any atom is 0.252 e. The third-order valence-corrected chi connectivity index (χ3v) is 7.53. The van der Waals surface area contributed by atoms with Gasteiger partial charge in [-0.05, 0) is 24.1 Å². The van der Waals surface area contributed by atoms with Crippen LogP contribution in [0, 0.1) is 5.82 Å². The molecule has 2 fully saturated rings. The number of amides is 1. The van der Waals surface area contributed by atoms with Gasteiger partial charge < -0.3 is 14.7 Å². The van der Waals surface area contributed by atoms with Crippen molar-refractivity contribution in [3.8, 4) is 0 Å². The van der Waals surface area contributed by atoms with Crippen molar-refractivity contribution >= 4 is 17.5 Å². The fraction of sp³-hybridized carbons (Fsp3) is 0.414. The Bertz CT molecular complexity index is 1280. The molecule has 0 spiro atoms. The van der Waals surface area contributed by atoms with Crippen LogP contribution in [0.5, 0.6) is 0 Å². The zero-order valence-corrected chi connectivity index (χ0v) is 21.9. The molecule has 3 heterocycles. The van der Waals surface area contributed by atoms with Crippen LogP contribution in [0.3, 0.4) is 0 Å². The molecule has 2 saturated heterocycles. The van der Waals surface area contributed by atoms with Crippen LogP contribution in [-0.4, -0.2) is 78.0 Å². The van der Waals surface area contributed by atoms with Crippen LogP contribution in [0.2, 0.25) is 0 Å². The lowest BCUT2D eigenvalue weighted by Crippen LogP contribution is -2.50. The Morgan fingerprint density at radius 1 is 0.921 bits per heavy atom. The van der Waals surface area contributed by atoms with Crippen molar-refractivity contribution in [1.29, 1.82) is 0 Å². The van der Waals surface area contributed by atoms with Crippen LogP contribution in [0.1, 0.15) is 30.5 Å². The summed E-state index contributed by atoms with van der Waals surface area (Å²) in [6, 6.07) is 18.4. The zero-order valence-electron chi connectivity index (χ0n) is 21.9. The van der Waals surface area contributed by atoms with Gasteiger partial charge in [0, 0.05) is 65.0 Å². The number of para-hydroxylation sites is 1. The number of H-pyrrole nitrogens is 1. The van der Waals surface area contributed by atoms with Crippen molar-refractivity contribution in [3.05, 3.63) is 88.1 Å². The van der Waals surface area contributed by atoms with Crippen molar-refractivity contribution in [3.63, 3.8) is 0 Å². The number of hydrogen-bond donors (Lipinski definition) is 1. The molecular formula is C29H35FN6O2. The normalized spacial score (nSPS) is 17.5. The number of hydrogen-bond acceptors (Lipinski definition) is 6. The molecule has 5 rings (SSSR count). The highest BCUT2D eigenvalue weighted by molar-refractivity contribution is 5.84. The van der Waals surface area contributed by atoms with Crippen LogP contribution in [0.25, 0.3) is 0 Å². The number of aromatic amines is 1. The number of nitrogens with zero attached hydrogens (tertiary/aromatic N) is 5. The number of halogens is 1. The number of nitrogens with one attached hydrogen (secondary N) is 1. The molecular weight excluding hydrogens is 483 g/mol. The average molecular weight is 519 g/mol. The molecule has 1 amide bonds. The van der Waals surface area contributed by atoms with Crippen LogP contribution in [-0.2, 0) is 11.3 Å². The minimum atomic E-state index is -0.200. The minimum absolute atomic E-state index is 0.136. The summed E-state index contributed by atoms with van der Waals surface area (Å²) in [5.41, 5.74) is 2.23. The van der Waals surface area contributed by atoms with E-state index in [0.717, 1.165) is 30.8 Å². The maximum atomic E-state index is 14.2. The fourth-order valence-electron chi connectivity index (χ4n) is 5.41. The Morgan fingerprint density at radius 3 is 2.26 bits per heavy atom. The summed E-state index contributed by atoms with van der Waals surface area (Å²) in [6.45, 7) is 7.99.